The molecule has 0 saturated carbocycles. The maximum Gasteiger partial charge on any atom is 0.306 e. The van der Waals surface area contributed by atoms with Crippen molar-refractivity contribution in [2.45, 2.75) is 206 Å². The van der Waals surface area contributed by atoms with E-state index in [4.69, 9.17) is 20.9 Å². The predicted molar refractivity (Wildman–Crippen MR) is 192 cm³/mol. The van der Waals surface area contributed by atoms with Crippen molar-refractivity contribution in [3.05, 3.63) is 24.3 Å². The second-order valence-electron chi connectivity index (χ2n) is 13.0. The summed E-state index contributed by atoms with van der Waals surface area (Å²) in [7, 11) is 0. The summed E-state index contributed by atoms with van der Waals surface area (Å²) in [5.41, 5.74) is 11.6. The van der Waals surface area contributed by atoms with Crippen molar-refractivity contribution in [1.29, 1.82) is 0 Å². The molecule has 0 radical (unpaired) electrons. The van der Waals surface area contributed by atoms with E-state index in [0.717, 1.165) is 51.4 Å². The number of hydrogen-bond acceptors (Lipinski definition) is 6. The molecule has 0 aromatic carbocycles. The van der Waals surface area contributed by atoms with Crippen molar-refractivity contribution in [2.75, 3.05) is 6.61 Å². The van der Waals surface area contributed by atoms with Crippen LogP contribution in [0.1, 0.15) is 194 Å². The lowest BCUT2D eigenvalue weighted by Gasteiger charge is -2.21. The van der Waals surface area contributed by atoms with Gasteiger partial charge in [-0.25, -0.2) is 0 Å². The number of rotatable bonds is 34. The van der Waals surface area contributed by atoms with Crippen LogP contribution in [-0.2, 0) is 19.1 Å². The fourth-order valence-electron chi connectivity index (χ4n) is 5.38. The molecule has 0 heterocycles. The molecule has 1 unspecified atom stereocenters. The zero-order valence-electron chi connectivity index (χ0n) is 29.8. The maximum absolute atomic E-state index is 12.3. The Balaban J connectivity index is 3.69. The van der Waals surface area contributed by atoms with E-state index in [1.165, 1.54) is 116 Å². The summed E-state index contributed by atoms with van der Waals surface area (Å²) in [5.74, 6) is -0.613. The molecule has 0 aromatic rings. The monoisotopic (exact) mass is 635 g/mol. The molecule has 0 spiro atoms. The minimum atomic E-state index is -0.879. The molecule has 1 atom stereocenters. The first-order valence-corrected chi connectivity index (χ1v) is 19.2. The minimum Gasteiger partial charge on any atom is -0.462 e. The molecular weight excluding hydrogens is 560 g/mol. The van der Waals surface area contributed by atoms with Crippen molar-refractivity contribution in [1.82, 2.24) is 0 Å². The molecule has 0 saturated heterocycles. The Morgan fingerprint density at radius 1 is 0.489 bits per heavy atom. The first-order valence-electron chi connectivity index (χ1n) is 19.2. The van der Waals surface area contributed by atoms with E-state index >= 15 is 0 Å². The van der Waals surface area contributed by atoms with Crippen LogP contribution < -0.4 is 11.5 Å². The third-order valence-electron chi connectivity index (χ3n) is 8.41. The molecule has 0 aliphatic rings. The zero-order valence-corrected chi connectivity index (χ0v) is 29.8. The predicted octanol–water partition coefficient (Wildman–Crippen LogP) is 10.8. The van der Waals surface area contributed by atoms with Gasteiger partial charge in [0.05, 0.1) is 6.17 Å². The van der Waals surface area contributed by atoms with Crippen molar-refractivity contribution in [3.8, 4) is 0 Å². The van der Waals surface area contributed by atoms with E-state index in [9.17, 15) is 9.59 Å². The molecule has 264 valence electrons. The van der Waals surface area contributed by atoms with Gasteiger partial charge in [-0.2, -0.15) is 0 Å². The highest BCUT2D eigenvalue weighted by Gasteiger charge is 2.21. The molecule has 0 rings (SSSR count). The summed E-state index contributed by atoms with van der Waals surface area (Å²) in [6, 6.07) is 0. The number of nitrogens with two attached hydrogens (primary N) is 2. The Labute approximate surface area is 278 Å². The first kappa shape index (κ1) is 43.3. The minimum absolute atomic E-state index is 0.0836. The second-order valence-corrected chi connectivity index (χ2v) is 13.0. The van der Waals surface area contributed by atoms with Crippen LogP contribution in [0.2, 0.25) is 0 Å². The van der Waals surface area contributed by atoms with Gasteiger partial charge in [0.1, 0.15) is 6.61 Å². The van der Waals surface area contributed by atoms with E-state index in [1.54, 1.807) is 0 Å². The molecule has 6 nitrogen and oxygen atoms in total. The third-order valence-corrected chi connectivity index (χ3v) is 8.41. The summed E-state index contributed by atoms with van der Waals surface area (Å²) in [4.78, 5) is 24.4. The molecule has 0 aliphatic carbocycles. The molecule has 0 fully saturated rings. The smallest absolute Gasteiger partial charge is 0.306 e. The van der Waals surface area contributed by atoms with Crippen molar-refractivity contribution < 1.29 is 19.1 Å². The van der Waals surface area contributed by atoms with Crippen molar-refractivity contribution in [3.63, 3.8) is 0 Å². The van der Waals surface area contributed by atoms with Gasteiger partial charge in [0, 0.05) is 12.8 Å². The van der Waals surface area contributed by atoms with Crippen LogP contribution in [0.5, 0.6) is 0 Å². The topological polar surface area (TPSA) is 105 Å². The number of unbranched alkanes of at least 4 members (excludes halogenated alkanes) is 22. The average Bonchev–Trinajstić information content (AvgIpc) is 3.02. The second kappa shape index (κ2) is 35.2. The summed E-state index contributed by atoms with van der Waals surface area (Å²) >= 11 is 0. The number of hydrogen-bond donors (Lipinski definition) is 2. The quantitative estimate of drug-likeness (QED) is 0.0316. The van der Waals surface area contributed by atoms with E-state index in [1.807, 2.05) is 0 Å². The van der Waals surface area contributed by atoms with E-state index in [0.29, 0.717) is 12.8 Å². The van der Waals surface area contributed by atoms with E-state index in [2.05, 4.69) is 38.2 Å². The number of esters is 2. The SMILES string of the molecule is CCCCCCCC/C=C\CCCCCCCC(=O)OCC(OC(=O)CCCCCCC/C=C\CCCCCCCC)C(N)N. The van der Waals surface area contributed by atoms with E-state index in [-0.39, 0.29) is 18.5 Å². The van der Waals surface area contributed by atoms with Crippen LogP contribution in [0.15, 0.2) is 24.3 Å². The molecule has 4 N–H and O–H groups in total. The number of carbonyl (C=O) groups excluding carboxylic acids is 2. The lowest BCUT2D eigenvalue weighted by atomic mass is 10.1. The van der Waals surface area contributed by atoms with E-state index < -0.39 is 12.3 Å². The Hall–Kier alpha value is -1.66. The van der Waals surface area contributed by atoms with Gasteiger partial charge in [-0.3, -0.25) is 9.59 Å². The highest BCUT2D eigenvalue weighted by Crippen LogP contribution is 2.13. The number of allylic oxidation sites excluding steroid dienone is 4. The van der Waals surface area contributed by atoms with Gasteiger partial charge in [-0.15, -0.1) is 0 Å². The highest BCUT2D eigenvalue weighted by atomic mass is 16.6. The Morgan fingerprint density at radius 2 is 0.822 bits per heavy atom. The van der Waals surface area contributed by atoms with Gasteiger partial charge in [0.15, 0.2) is 6.10 Å². The summed E-state index contributed by atoms with van der Waals surface area (Å²) < 4.78 is 10.8. The first-order chi connectivity index (χ1) is 22.0. The molecule has 0 aliphatic heterocycles. The Morgan fingerprint density at radius 3 is 1.20 bits per heavy atom. The van der Waals surface area contributed by atoms with Crippen molar-refractivity contribution >= 4 is 11.9 Å². The summed E-state index contributed by atoms with van der Waals surface area (Å²) in [6.07, 6.45) is 39.9. The molecule has 0 bridgehead atoms. The van der Waals surface area contributed by atoms with Crippen LogP contribution in [0.25, 0.3) is 0 Å². The lowest BCUT2D eigenvalue weighted by Crippen LogP contribution is -2.48. The third kappa shape index (κ3) is 33.5. The fourth-order valence-corrected chi connectivity index (χ4v) is 5.38. The standard InChI is InChI=1S/C39H74N2O4/c1-3-5-7-9-11-13-15-17-19-21-23-25-27-29-31-33-37(42)44-35-36(39(40)41)45-38(43)34-32-30-28-26-24-22-20-18-16-14-12-10-8-6-4-2/h17-20,36,39H,3-16,21-35,40-41H2,1-2H3/b19-17-,20-18-. The van der Waals surface area contributed by atoms with Gasteiger partial charge < -0.3 is 20.9 Å². The van der Waals surface area contributed by atoms with Gasteiger partial charge in [-0.05, 0) is 64.2 Å². The number of carbonyl (C=O) groups is 2. The summed E-state index contributed by atoms with van der Waals surface area (Å²) in [5, 5.41) is 0. The fraction of sp³-hybridized carbons (Fsp3) is 0.846. The largest absolute Gasteiger partial charge is 0.462 e. The van der Waals surface area contributed by atoms with Gasteiger partial charge in [0.2, 0.25) is 0 Å². The zero-order chi connectivity index (χ0) is 33.1. The lowest BCUT2D eigenvalue weighted by molar-refractivity contribution is -0.160. The van der Waals surface area contributed by atoms with Crippen LogP contribution in [-0.4, -0.2) is 30.8 Å². The van der Waals surface area contributed by atoms with Crippen LogP contribution in [0.4, 0.5) is 0 Å². The highest BCUT2D eigenvalue weighted by molar-refractivity contribution is 5.70. The van der Waals surface area contributed by atoms with Gasteiger partial charge in [0.25, 0.3) is 0 Å². The van der Waals surface area contributed by atoms with Gasteiger partial charge >= 0.3 is 11.9 Å². The number of ether oxygens (including phenoxy) is 2. The van der Waals surface area contributed by atoms with Gasteiger partial charge in [-0.1, -0.05) is 141 Å². The molecule has 0 aromatic heterocycles. The van der Waals surface area contributed by atoms with Crippen LogP contribution in [0, 0.1) is 0 Å². The van der Waals surface area contributed by atoms with Crippen LogP contribution >= 0.6 is 0 Å². The molecule has 6 heteroatoms. The molecule has 45 heavy (non-hydrogen) atoms. The van der Waals surface area contributed by atoms with Crippen LogP contribution in [0.3, 0.4) is 0 Å². The maximum atomic E-state index is 12.3. The summed E-state index contributed by atoms with van der Waals surface area (Å²) in [6.45, 7) is 4.43. The Kier molecular flexibility index (Phi) is 33.9. The average molecular weight is 635 g/mol. The molecular formula is C39H74N2O4. The molecule has 0 amide bonds. The Bertz CT molecular complexity index is 707. The normalized spacial score (nSPS) is 12.5. The van der Waals surface area contributed by atoms with Crippen molar-refractivity contribution in [2.24, 2.45) is 11.5 Å².